The van der Waals surface area contributed by atoms with E-state index in [0.717, 1.165) is 25.7 Å². The van der Waals surface area contributed by atoms with E-state index in [-0.39, 0.29) is 51.9 Å². The summed E-state index contributed by atoms with van der Waals surface area (Å²) in [7, 11) is -0.0506. The van der Waals surface area contributed by atoms with E-state index >= 15 is 0 Å². The molecule has 1 aromatic carbocycles. The average Bonchev–Trinajstić information content (AvgIpc) is 3.30. The van der Waals surface area contributed by atoms with Crippen LogP contribution in [0.1, 0.15) is 75.1 Å². The summed E-state index contributed by atoms with van der Waals surface area (Å²) in [4.78, 5) is 0. The van der Waals surface area contributed by atoms with Crippen LogP contribution in [0.4, 0.5) is 0 Å². The second kappa shape index (κ2) is 11.9. The minimum atomic E-state index is -0.0767. The van der Waals surface area contributed by atoms with E-state index in [4.69, 9.17) is 0 Å². The average molecular weight is 497 g/mol. The number of halogens is 2. The number of benzene rings is 1. The van der Waals surface area contributed by atoms with E-state index in [0.29, 0.717) is 0 Å². The fraction of sp³-hybridized carbons (Fsp3) is 0.538. The first-order valence-electron chi connectivity index (χ1n) is 11.4. The minimum absolute atomic E-state index is 0. The van der Waals surface area contributed by atoms with Gasteiger partial charge in [-0.05, 0) is 0 Å². The molecule has 4 heteroatoms. The van der Waals surface area contributed by atoms with Crippen LogP contribution in [0.2, 0.25) is 4.22 Å². The van der Waals surface area contributed by atoms with Gasteiger partial charge in [-0.25, -0.2) is 0 Å². The third kappa shape index (κ3) is 5.21. The number of rotatable bonds is 7. The van der Waals surface area contributed by atoms with E-state index in [9.17, 15) is 0 Å². The predicted molar refractivity (Wildman–Crippen MR) is 122 cm³/mol. The smallest absolute Gasteiger partial charge is 1.00 e. The Hall–Kier alpha value is 0.164. The van der Waals surface area contributed by atoms with Gasteiger partial charge in [-0.15, -0.1) is 0 Å². The quantitative estimate of drug-likeness (QED) is 0.401. The van der Waals surface area contributed by atoms with Gasteiger partial charge in [-0.3, -0.25) is 0 Å². The first-order chi connectivity index (χ1) is 13.6. The van der Waals surface area contributed by atoms with Crippen molar-refractivity contribution in [3.8, 4) is 0 Å². The molecular weight excluding hydrogens is 462 g/mol. The summed E-state index contributed by atoms with van der Waals surface area (Å²) in [6, 6.07) is 9.35. The van der Waals surface area contributed by atoms with Crippen LogP contribution >= 0.6 is 7.92 Å². The van der Waals surface area contributed by atoms with Gasteiger partial charge in [0, 0.05) is 0 Å². The SMILES string of the molecule is CCC(C)P(C1=Cc2ccccc2[CH]1[Ti+2][CH]1CCC2CC=CC=C21)C(C)CC.[Cl-].[Cl-]. The van der Waals surface area contributed by atoms with E-state index in [1.54, 1.807) is 5.56 Å². The first-order valence-corrected chi connectivity index (χ1v) is 14.6. The summed E-state index contributed by atoms with van der Waals surface area (Å²) < 4.78 is 1.70. The summed E-state index contributed by atoms with van der Waals surface area (Å²) in [6.07, 6.45) is 16.7. The summed E-state index contributed by atoms with van der Waals surface area (Å²) in [6.45, 7) is 9.85. The number of hydrogen-bond donors (Lipinski definition) is 0. The standard InChI is InChI=1S/C17H24P.C9H11.2ClH.Ti/c1-5-13(3)18(14(4)6-2)17-11-15-9-7-8-10-16(15)12-17;1-2-5-9-7-3-6-8(9)4-1;;;/h7-14H,5-6H2,1-4H3;1-2,4,6,9H,3,5,7H2;2*1H;/q;;;;+2/p-2. The molecule has 0 heterocycles. The molecule has 0 aliphatic heterocycles. The van der Waals surface area contributed by atoms with E-state index < -0.39 is 0 Å². The number of fused-ring (bicyclic) bond motifs is 2. The third-order valence-corrected chi connectivity index (χ3v) is 14.3. The second-order valence-corrected chi connectivity index (χ2v) is 14.5. The first kappa shape index (κ1) is 26.4. The van der Waals surface area contributed by atoms with Gasteiger partial charge in [-0.2, -0.15) is 0 Å². The minimum Gasteiger partial charge on any atom is -1.00 e. The maximum Gasteiger partial charge on any atom is -1.00 e. The van der Waals surface area contributed by atoms with Gasteiger partial charge in [0.05, 0.1) is 0 Å². The monoisotopic (exact) mass is 496 g/mol. The van der Waals surface area contributed by atoms with Crippen LogP contribution in [-0.4, -0.2) is 11.3 Å². The largest absolute Gasteiger partial charge is 1.00 e. The molecule has 5 unspecified atom stereocenters. The fourth-order valence-corrected chi connectivity index (χ4v) is 12.8. The molecule has 3 aliphatic carbocycles. The van der Waals surface area contributed by atoms with Crippen LogP contribution in [0.5, 0.6) is 0 Å². The predicted octanol–water partition coefficient (Wildman–Crippen LogP) is 2.34. The molecule has 3 aliphatic rings. The second-order valence-electron chi connectivity index (χ2n) is 8.88. The Morgan fingerprint density at radius 3 is 2.43 bits per heavy atom. The molecule has 1 aromatic rings. The van der Waals surface area contributed by atoms with Gasteiger partial charge in [0.25, 0.3) is 0 Å². The molecule has 0 bridgehead atoms. The molecule has 0 amide bonds. The Morgan fingerprint density at radius 2 is 1.73 bits per heavy atom. The molecule has 0 spiro atoms. The van der Waals surface area contributed by atoms with Gasteiger partial charge in [0.2, 0.25) is 0 Å². The Bertz CT molecular complexity index is 790. The number of allylic oxidation sites excluding steroid dienone is 5. The van der Waals surface area contributed by atoms with E-state index in [1.807, 2.05) is 10.9 Å². The Labute approximate surface area is 207 Å². The molecule has 0 saturated heterocycles. The normalized spacial score (nSPS) is 26.7. The summed E-state index contributed by atoms with van der Waals surface area (Å²) >= 11 is -0.0767. The summed E-state index contributed by atoms with van der Waals surface area (Å²) in [5.74, 6) is 0.869. The van der Waals surface area contributed by atoms with Crippen molar-refractivity contribution in [2.24, 2.45) is 5.92 Å². The maximum absolute atomic E-state index is 2.65. The molecule has 1 saturated carbocycles. The zero-order valence-corrected chi connectivity index (χ0v) is 22.7. The van der Waals surface area contributed by atoms with Crippen LogP contribution in [-0.2, 0) is 19.2 Å². The van der Waals surface area contributed by atoms with Crippen molar-refractivity contribution in [2.75, 3.05) is 0 Å². The fourth-order valence-electron chi connectivity index (χ4n) is 5.34. The van der Waals surface area contributed by atoms with Crippen molar-refractivity contribution in [3.05, 3.63) is 64.5 Å². The molecule has 5 atom stereocenters. The zero-order chi connectivity index (χ0) is 19.7. The summed E-state index contributed by atoms with van der Waals surface area (Å²) in [5.41, 5.74) is 6.72. The van der Waals surface area contributed by atoms with Gasteiger partial charge in [-0.1, -0.05) is 0 Å². The molecule has 0 nitrogen and oxygen atoms in total. The Morgan fingerprint density at radius 1 is 1.03 bits per heavy atom. The van der Waals surface area contributed by atoms with Crippen molar-refractivity contribution >= 4 is 14.0 Å². The van der Waals surface area contributed by atoms with Crippen LogP contribution in [0, 0.1) is 5.92 Å². The van der Waals surface area contributed by atoms with Crippen molar-refractivity contribution in [3.63, 3.8) is 0 Å². The zero-order valence-electron chi connectivity index (χ0n) is 18.7. The van der Waals surface area contributed by atoms with Crippen LogP contribution in [0.15, 0.2) is 53.4 Å². The molecular formula is C26H35Cl2PTi. The number of hydrogen-bond acceptors (Lipinski definition) is 0. The molecule has 30 heavy (non-hydrogen) atoms. The van der Waals surface area contributed by atoms with Crippen LogP contribution < -0.4 is 24.8 Å². The molecule has 0 aromatic heterocycles. The van der Waals surface area contributed by atoms with Crippen molar-refractivity contribution in [1.29, 1.82) is 0 Å². The Kier molecular flexibility index (Phi) is 10.4. The maximum atomic E-state index is 2.65. The van der Waals surface area contributed by atoms with E-state index in [1.165, 1.54) is 37.7 Å². The van der Waals surface area contributed by atoms with Crippen molar-refractivity contribution < 1.29 is 44.0 Å². The summed E-state index contributed by atoms with van der Waals surface area (Å²) in [5, 5.41) is 1.87. The van der Waals surface area contributed by atoms with Gasteiger partial charge >= 0.3 is 183 Å². The van der Waals surface area contributed by atoms with Gasteiger partial charge in [0.15, 0.2) is 0 Å². The molecule has 1 fully saturated rings. The Balaban J connectivity index is 0.00000160. The van der Waals surface area contributed by atoms with Gasteiger partial charge in [0.1, 0.15) is 0 Å². The molecule has 0 radical (unpaired) electrons. The third-order valence-electron chi connectivity index (χ3n) is 7.23. The molecule has 0 N–H and O–H groups in total. The van der Waals surface area contributed by atoms with Crippen LogP contribution in [0.3, 0.4) is 0 Å². The van der Waals surface area contributed by atoms with Crippen molar-refractivity contribution in [2.45, 2.75) is 79.6 Å². The van der Waals surface area contributed by atoms with Crippen LogP contribution in [0.25, 0.3) is 6.08 Å². The topological polar surface area (TPSA) is 0 Å². The van der Waals surface area contributed by atoms with Crippen molar-refractivity contribution in [1.82, 2.24) is 0 Å². The van der Waals surface area contributed by atoms with E-state index in [2.05, 4.69) is 76.3 Å². The van der Waals surface area contributed by atoms with Gasteiger partial charge < -0.3 is 24.8 Å². The molecule has 4 rings (SSSR count). The molecule has 162 valence electrons.